The van der Waals surface area contributed by atoms with Crippen molar-refractivity contribution in [3.05, 3.63) is 29.3 Å². The fourth-order valence-electron chi connectivity index (χ4n) is 4.45. The van der Waals surface area contributed by atoms with Gasteiger partial charge in [-0.15, -0.1) is 0 Å². The molecule has 9 heteroatoms. The van der Waals surface area contributed by atoms with Crippen LogP contribution >= 0.6 is 11.6 Å². The van der Waals surface area contributed by atoms with Crippen LogP contribution < -0.4 is 5.32 Å². The molecule has 2 heterocycles. The molecule has 1 aliphatic carbocycles. The second kappa shape index (κ2) is 11.4. The lowest BCUT2D eigenvalue weighted by atomic mass is 9.94. The Morgan fingerprint density at radius 3 is 2.35 bits per heavy atom. The van der Waals surface area contributed by atoms with Crippen LogP contribution in [0.25, 0.3) is 0 Å². The molecule has 1 atom stereocenters. The lowest BCUT2D eigenvalue weighted by molar-refractivity contribution is -0.144. The molecule has 34 heavy (non-hydrogen) atoms. The van der Waals surface area contributed by atoms with Crippen LogP contribution in [0.5, 0.6) is 0 Å². The van der Waals surface area contributed by atoms with Gasteiger partial charge in [-0.2, -0.15) is 0 Å². The molecule has 1 aromatic rings. The average molecular weight is 492 g/mol. The molecule has 0 bridgehead atoms. The smallest absolute Gasteiger partial charge is 0.322 e. The van der Waals surface area contributed by atoms with Crippen LogP contribution in [0.3, 0.4) is 0 Å². The van der Waals surface area contributed by atoms with E-state index in [1.54, 1.807) is 45.3 Å². The van der Waals surface area contributed by atoms with E-state index in [4.69, 9.17) is 11.6 Å². The van der Waals surface area contributed by atoms with Crippen molar-refractivity contribution >= 4 is 35.1 Å². The summed E-state index contributed by atoms with van der Waals surface area (Å²) in [7, 11) is 3.29. The zero-order valence-corrected chi connectivity index (χ0v) is 21.6. The zero-order valence-electron chi connectivity index (χ0n) is 20.8. The number of piperazine rings is 1. The Kier molecular flexibility index (Phi) is 8.82. The van der Waals surface area contributed by atoms with Gasteiger partial charge in [0.2, 0.25) is 11.8 Å². The minimum absolute atomic E-state index is 0.0277. The maximum Gasteiger partial charge on any atom is 0.322 e. The Morgan fingerprint density at radius 1 is 1.12 bits per heavy atom. The summed E-state index contributed by atoms with van der Waals surface area (Å²) >= 11 is 5.90. The number of anilines is 1. The molecule has 1 saturated carbocycles. The standard InChI is InChI=1S/C16H21ClN4O3.C9H17N/c1-11-15(23)20(10-14(22)19(2)3)7-8-21(11)16(24)18-13-6-4-5-12(17)9-13;1-2-10-7-5-9(3-4-9)6-8-10/h4-6,9,11H,7-8,10H2,1-3H3,(H,18,24);2-8H2,1H3/t11-;/m0./s1. The molecule has 4 amide bonds. The van der Waals surface area contributed by atoms with Crippen molar-refractivity contribution in [2.75, 3.05) is 58.7 Å². The van der Waals surface area contributed by atoms with Crippen molar-refractivity contribution in [3.63, 3.8) is 0 Å². The number of benzene rings is 1. The molecule has 188 valence electrons. The zero-order chi connectivity index (χ0) is 24.9. The number of piperidine rings is 1. The summed E-state index contributed by atoms with van der Waals surface area (Å²) < 4.78 is 0. The third-order valence-corrected chi connectivity index (χ3v) is 7.47. The number of carbonyl (C=O) groups excluding carboxylic acids is 3. The molecule has 1 N–H and O–H groups in total. The molecular weight excluding hydrogens is 454 g/mol. The topological polar surface area (TPSA) is 76.2 Å². The van der Waals surface area contributed by atoms with Gasteiger partial charge in [0.05, 0.1) is 6.54 Å². The van der Waals surface area contributed by atoms with E-state index < -0.39 is 6.04 Å². The second-order valence-corrected chi connectivity index (χ2v) is 10.2. The minimum atomic E-state index is -0.632. The Hall–Kier alpha value is -2.32. The summed E-state index contributed by atoms with van der Waals surface area (Å²) in [6.07, 6.45) is 6.04. The van der Waals surface area contributed by atoms with E-state index in [2.05, 4.69) is 17.1 Å². The van der Waals surface area contributed by atoms with Crippen LogP contribution in [-0.2, 0) is 9.59 Å². The average Bonchev–Trinajstić information content (AvgIpc) is 3.56. The summed E-state index contributed by atoms with van der Waals surface area (Å²) in [5, 5.41) is 3.25. The third kappa shape index (κ3) is 6.85. The first-order valence-corrected chi connectivity index (χ1v) is 12.6. The first-order valence-electron chi connectivity index (χ1n) is 12.2. The molecule has 1 aromatic carbocycles. The highest BCUT2D eigenvalue weighted by Gasteiger charge is 2.44. The number of hydrogen-bond donors (Lipinski definition) is 1. The molecule has 2 aliphatic heterocycles. The summed E-state index contributed by atoms with van der Waals surface area (Å²) in [5.41, 5.74) is 1.43. The molecule has 1 spiro atoms. The highest BCUT2D eigenvalue weighted by Crippen LogP contribution is 2.53. The molecule has 4 rings (SSSR count). The van der Waals surface area contributed by atoms with E-state index in [1.807, 2.05) is 0 Å². The number of urea groups is 1. The fraction of sp³-hybridized carbons (Fsp3) is 0.640. The number of rotatable bonds is 4. The summed E-state index contributed by atoms with van der Waals surface area (Å²) in [6.45, 7) is 8.64. The highest BCUT2D eigenvalue weighted by atomic mass is 35.5. The van der Waals surface area contributed by atoms with Crippen molar-refractivity contribution in [2.24, 2.45) is 5.41 Å². The van der Waals surface area contributed by atoms with E-state index >= 15 is 0 Å². The van der Waals surface area contributed by atoms with Gasteiger partial charge in [-0.05, 0) is 75.9 Å². The number of amides is 4. The van der Waals surface area contributed by atoms with Gasteiger partial charge in [0.25, 0.3) is 0 Å². The van der Waals surface area contributed by atoms with E-state index in [0.717, 1.165) is 5.41 Å². The Morgan fingerprint density at radius 2 is 1.79 bits per heavy atom. The van der Waals surface area contributed by atoms with Gasteiger partial charge in [-0.1, -0.05) is 24.6 Å². The van der Waals surface area contributed by atoms with Crippen LogP contribution in [0.4, 0.5) is 10.5 Å². The lowest BCUT2D eigenvalue weighted by Crippen LogP contribution is -2.59. The maximum atomic E-state index is 12.4. The van der Waals surface area contributed by atoms with E-state index in [9.17, 15) is 14.4 Å². The largest absolute Gasteiger partial charge is 0.347 e. The Balaban J connectivity index is 0.000000266. The summed E-state index contributed by atoms with van der Waals surface area (Å²) in [6, 6.07) is 5.81. The SMILES string of the molecule is CCN1CCC2(CC1)CC2.C[C@H]1C(=O)N(CC(=O)N(C)C)CCN1C(=O)Nc1cccc(Cl)c1. The number of hydrogen-bond acceptors (Lipinski definition) is 4. The normalized spacial score (nSPS) is 21.6. The summed E-state index contributed by atoms with van der Waals surface area (Å²) in [4.78, 5) is 43.5. The van der Waals surface area contributed by atoms with Gasteiger partial charge in [-0.3, -0.25) is 9.59 Å². The first-order chi connectivity index (χ1) is 16.1. The molecular formula is C25H38ClN5O3. The predicted octanol–water partition coefficient (Wildman–Crippen LogP) is 3.38. The van der Waals surface area contributed by atoms with Crippen LogP contribution in [0.1, 0.15) is 39.5 Å². The van der Waals surface area contributed by atoms with Crippen molar-refractivity contribution in [2.45, 2.75) is 45.6 Å². The van der Waals surface area contributed by atoms with E-state index in [0.29, 0.717) is 23.8 Å². The van der Waals surface area contributed by atoms with Gasteiger partial charge < -0.3 is 24.9 Å². The highest BCUT2D eigenvalue weighted by molar-refractivity contribution is 6.30. The van der Waals surface area contributed by atoms with Crippen molar-refractivity contribution in [1.29, 1.82) is 0 Å². The monoisotopic (exact) mass is 491 g/mol. The van der Waals surface area contributed by atoms with Gasteiger partial charge >= 0.3 is 6.03 Å². The number of likely N-dealkylation sites (N-methyl/N-ethyl adjacent to an activating group) is 1. The first kappa shape index (κ1) is 26.3. The quantitative estimate of drug-likeness (QED) is 0.700. The lowest BCUT2D eigenvalue weighted by Gasteiger charge is -2.39. The number of halogens is 1. The van der Waals surface area contributed by atoms with Crippen molar-refractivity contribution < 1.29 is 14.4 Å². The number of carbonyl (C=O) groups is 3. The molecule has 3 fully saturated rings. The van der Waals surface area contributed by atoms with E-state index in [1.165, 1.54) is 60.0 Å². The Bertz CT molecular complexity index is 879. The molecule has 0 radical (unpaired) electrons. The predicted molar refractivity (Wildman–Crippen MR) is 135 cm³/mol. The van der Waals surface area contributed by atoms with Gasteiger partial charge in [0.15, 0.2) is 0 Å². The maximum absolute atomic E-state index is 12.4. The van der Waals surface area contributed by atoms with Crippen LogP contribution in [0, 0.1) is 5.41 Å². The number of nitrogens with zero attached hydrogens (tertiary/aromatic N) is 4. The van der Waals surface area contributed by atoms with Crippen LogP contribution in [0.15, 0.2) is 24.3 Å². The second-order valence-electron chi connectivity index (χ2n) is 9.79. The van der Waals surface area contributed by atoms with E-state index in [-0.39, 0.29) is 24.4 Å². The fourth-order valence-corrected chi connectivity index (χ4v) is 4.64. The van der Waals surface area contributed by atoms with Gasteiger partial charge in [0, 0.05) is 37.9 Å². The number of likely N-dealkylation sites (tertiary alicyclic amines) is 1. The molecule has 8 nitrogen and oxygen atoms in total. The minimum Gasteiger partial charge on any atom is -0.347 e. The van der Waals surface area contributed by atoms with Crippen LogP contribution in [-0.4, -0.2) is 96.9 Å². The molecule has 2 saturated heterocycles. The molecule has 3 aliphatic rings. The summed E-state index contributed by atoms with van der Waals surface area (Å²) in [5.74, 6) is -0.384. The number of nitrogens with one attached hydrogen (secondary N) is 1. The Labute approximate surface area is 208 Å². The van der Waals surface area contributed by atoms with Gasteiger partial charge in [-0.25, -0.2) is 4.79 Å². The van der Waals surface area contributed by atoms with Crippen molar-refractivity contribution in [1.82, 2.24) is 19.6 Å². The van der Waals surface area contributed by atoms with Gasteiger partial charge in [0.1, 0.15) is 6.04 Å². The van der Waals surface area contributed by atoms with Crippen molar-refractivity contribution in [3.8, 4) is 0 Å². The third-order valence-electron chi connectivity index (χ3n) is 7.23. The molecule has 0 aromatic heterocycles. The molecule has 0 unspecified atom stereocenters. The van der Waals surface area contributed by atoms with Crippen LogP contribution in [0.2, 0.25) is 5.02 Å².